The number of rotatable bonds is 9. The maximum absolute atomic E-state index is 9.93. The van der Waals surface area contributed by atoms with Crippen LogP contribution in [0, 0.1) is 12.8 Å². The molecule has 0 aromatic heterocycles. The molecule has 0 aliphatic carbocycles. The molecule has 3 atom stereocenters. The van der Waals surface area contributed by atoms with E-state index in [0.717, 1.165) is 23.7 Å². The van der Waals surface area contributed by atoms with Crippen LogP contribution in [-0.4, -0.2) is 30.4 Å². The summed E-state index contributed by atoms with van der Waals surface area (Å²) in [6.45, 7) is 9.56. The largest absolute Gasteiger partial charge is 0.491 e. The van der Waals surface area contributed by atoms with Crippen molar-refractivity contribution in [2.45, 2.75) is 52.7 Å². The van der Waals surface area contributed by atoms with Crippen LogP contribution in [0.2, 0.25) is 0 Å². The number of aliphatic hydroxyl groups excluding tert-OH is 1. The summed E-state index contributed by atoms with van der Waals surface area (Å²) >= 11 is 0. The van der Waals surface area contributed by atoms with Crippen LogP contribution in [0.1, 0.15) is 39.2 Å². The van der Waals surface area contributed by atoms with Gasteiger partial charge in [0, 0.05) is 12.6 Å². The van der Waals surface area contributed by atoms with E-state index in [0.29, 0.717) is 19.2 Å². The molecule has 0 saturated heterocycles. The van der Waals surface area contributed by atoms with E-state index in [-0.39, 0.29) is 0 Å². The molecule has 0 aliphatic rings. The molecule has 1 aromatic carbocycles. The standard InChI is InChI=1S/C17H29NO2/c1-5-13(2)9-15(4)18-11-16(19)12-20-17-8-6-7-14(3)10-17/h6-8,10,13,15-16,18-19H,5,9,11-12H2,1-4H3. The average Bonchev–Trinajstić information content (AvgIpc) is 2.42. The van der Waals surface area contributed by atoms with Gasteiger partial charge in [0.1, 0.15) is 18.5 Å². The fraction of sp³-hybridized carbons (Fsp3) is 0.647. The molecule has 114 valence electrons. The van der Waals surface area contributed by atoms with Crippen LogP contribution in [0.5, 0.6) is 5.75 Å². The molecule has 0 heterocycles. The van der Waals surface area contributed by atoms with Crippen molar-refractivity contribution >= 4 is 0 Å². The lowest BCUT2D eigenvalue weighted by Crippen LogP contribution is -2.37. The predicted molar refractivity (Wildman–Crippen MR) is 84.2 cm³/mol. The minimum atomic E-state index is -0.477. The van der Waals surface area contributed by atoms with E-state index in [2.05, 4.69) is 26.1 Å². The van der Waals surface area contributed by atoms with Crippen LogP contribution in [0.15, 0.2) is 24.3 Å². The van der Waals surface area contributed by atoms with E-state index in [1.807, 2.05) is 31.2 Å². The monoisotopic (exact) mass is 279 g/mol. The van der Waals surface area contributed by atoms with E-state index in [9.17, 15) is 5.11 Å². The molecule has 0 fully saturated rings. The Morgan fingerprint density at radius 3 is 2.70 bits per heavy atom. The van der Waals surface area contributed by atoms with Gasteiger partial charge >= 0.3 is 0 Å². The number of aryl methyl sites for hydroxylation is 1. The Kier molecular flexibility index (Phi) is 7.63. The third kappa shape index (κ3) is 6.92. The van der Waals surface area contributed by atoms with Crippen LogP contribution in [0.4, 0.5) is 0 Å². The number of hydrogen-bond acceptors (Lipinski definition) is 3. The first kappa shape index (κ1) is 17.0. The molecule has 1 aromatic rings. The molecule has 3 unspecified atom stereocenters. The summed E-state index contributed by atoms with van der Waals surface area (Å²) in [5, 5.41) is 13.3. The first-order valence-electron chi connectivity index (χ1n) is 7.62. The van der Waals surface area contributed by atoms with Gasteiger partial charge in [-0.1, -0.05) is 32.4 Å². The Bertz CT molecular complexity index is 381. The lowest BCUT2D eigenvalue weighted by atomic mass is 10.0. The summed E-state index contributed by atoms with van der Waals surface area (Å²) < 4.78 is 5.59. The summed E-state index contributed by atoms with van der Waals surface area (Å²) in [6.07, 6.45) is 1.86. The van der Waals surface area contributed by atoms with Gasteiger partial charge in [0.15, 0.2) is 0 Å². The smallest absolute Gasteiger partial charge is 0.119 e. The van der Waals surface area contributed by atoms with Gasteiger partial charge in [-0.3, -0.25) is 0 Å². The first-order chi connectivity index (χ1) is 9.51. The molecule has 0 radical (unpaired) electrons. The van der Waals surface area contributed by atoms with Crippen molar-refractivity contribution in [3.05, 3.63) is 29.8 Å². The third-order valence-corrected chi connectivity index (χ3v) is 3.59. The van der Waals surface area contributed by atoms with E-state index in [1.54, 1.807) is 0 Å². The summed E-state index contributed by atoms with van der Waals surface area (Å²) in [6, 6.07) is 8.31. The molecule has 0 amide bonds. The molecule has 0 saturated carbocycles. The van der Waals surface area contributed by atoms with Crippen molar-refractivity contribution in [1.82, 2.24) is 5.32 Å². The van der Waals surface area contributed by atoms with Gasteiger partial charge in [0.05, 0.1) is 0 Å². The maximum Gasteiger partial charge on any atom is 0.119 e. The second-order valence-electron chi connectivity index (χ2n) is 5.84. The zero-order valence-corrected chi connectivity index (χ0v) is 13.2. The summed E-state index contributed by atoms with van der Waals surface area (Å²) in [5.41, 5.74) is 1.16. The summed E-state index contributed by atoms with van der Waals surface area (Å²) in [7, 11) is 0. The number of nitrogens with one attached hydrogen (secondary N) is 1. The highest BCUT2D eigenvalue weighted by molar-refractivity contribution is 5.27. The van der Waals surface area contributed by atoms with Gasteiger partial charge in [-0.25, -0.2) is 0 Å². The van der Waals surface area contributed by atoms with E-state index in [4.69, 9.17) is 4.74 Å². The minimum absolute atomic E-state index is 0.326. The number of hydrogen-bond donors (Lipinski definition) is 2. The molecule has 3 nitrogen and oxygen atoms in total. The molecule has 0 bridgehead atoms. The van der Waals surface area contributed by atoms with Crippen LogP contribution in [0.3, 0.4) is 0 Å². The first-order valence-corrected chi connectivity index (χ1v) is 7.62. The van der Waals surface area contributed by atoms with E-state index < -0.39 is 6.10 Å². The molecule has 2 N–H and O–H groups in total. The SMILES string of the molecule is CCC(C)CC(C)NCC(O)COc1cccc(C)c1. The van der Waals surface area contributed by atoms with Gasteiger partial charge in [-0.05, 0) is 43.9 Å². The Morgan fingerprint density at radius 2 is 2.05 bits per heavy atom. The highest BCUT2D eigenvalue weighted by Crippen LogP contribution is 2.12. The predicted octanol–water partition coefficient (Wildman–Crippen LogP) is 3.15. The van der Waals surface area contributed by atoms with Crippen molar-refractivity contribution in [3.8, 4) is 5.75 Å². The van der Waals surface area contributed by atoms with Gasteiger partial charge in [-0.15, -0.1) is 0 Å². The van der Waals surface area contributed by atoms with Gasteiger partial charge in [0.2, 0.25) is 0 Å². The Balaban J connectivity index is 2.21. The van der Waals surface area contributed by atoms with Crippen molar-refractivity contribution in [1.29, 1.82) is 0 Å². The van der Waals surface area contributed by atoms with Crippen molar-refractivity contribution in [2.24, 2.45) is 5.92 Å². The lowest BCUT2D eigenvalue weighted by Gasteiger charge is -2.20. The highest BCUT2D eigenvalue weighted by Gasteiger charge is 2.10. The normalized spacial score (nSPS) is 15.7. The quantitative estimate of drug-likeness (QED) is 0.729. The van der Waals surface area contributed by atoms with E-state index in [1.165, 1.54) is 6.42 Å². The molecule has 20 heavy (non-hydrogen) atoms. The Hall–Kier alpha value is -1.06. The second-order valence-corrected chi connectivity index (χ2v) is 5.84. The molecular formula is C17H29NO2. The van der Waals surface area contributed by atoms with Crippen molar-refractivity contribution in [2.75, 3.05) is 13.2 Å². The summed E-state index contributed by atoms with van der Waals surface area (Å²) in [5.74, 6) is 1.54. The fourth-order valence-electron chi connectivity index (χ4n) is 2.15. The van der Waals surface area contributed by atoms with Crippen LogP contribution in [0.25, 0.3) is 0 Å². The second kappa shape index (κ2) is 8.98. The zero-order chi connectivity index (χ0) is 15.0. The molecule has 3 heteroatoms. The average molecular weight is 279 g/mol. The molecule has 1 rings (SSSR count). The lowest BCUT2D eigenvalue weighted by molar-refractivity contribution is 0.103. The third-order valence-electron chi connectivity index (χ3n) is 3.59. The molecular weight excluding hydrogens is 250 g/mol. The Morgan fingerprint density at radius 1 is 1.30 bits per heavy atom. The zero-order valence-electron chi connectivity index (χ0n) is 13.2. The number of ether oxygens (including phenoxy) is 1. The van der Waals surface area contributed by atoms with Crippen LogP contribution < -0.4 is 10.1 Å². The minimum Gasteiger partial charge on any atom is -0.491 e. The highest BCUT2D eigenvalue weighted by atomic mass is 16.5. The summed E-state index contributed by atoms with van der Waals surface area (Å²) in [4.78, 5) is 0. The number of benzene rings is 1. The van der Waals surface area contributed by atoms with E-state index >= 15 is 0 Å². The number of aliphatic hydroxyl groups is 1. The van der Waals surface area contributed by atoms with Crippen molar-refractivity contribution < 1.29 is 9.84 Å². The van der Waals surface area contributed by atoms with Crippen LogP contribution in [-0.2, 0) is 0 Å². The van der Waals surface area contributed by atoms with Gasteiger partial charge < -0.3 is 15.2 Å². The van der Waals surface area contributed by atoms with Crippen molar-refractivity contribution in [3.63, 3.8) is 0 Å². The van der Waals surface area contributed by atoms with Gasteiger partial charge in [0.25, 0.3) is 0 Å². The van der Waals surface area contributed by atoms with Crippen LogP contribution >= 0.6 is 0 Å². The van der Waals surface area contributed by atoms with Gasteiger partial charge in [-0.2, -0.15) is 0 Å². The molecule has 0 aliphatic heterocycles. The maximum atomic E-state index is 9.93. The topological polar surface area (TPSA) is 41.5 Å². The Labute approximate surface area is 123 Å². The fourth-order valence-corrected chi connectivity index (χ4v) is 2.15. The molecule has 0 spiro atoms.